The number of carbonyl (C=O) groups is 1. The van der Waals surface area contributed by atoms with Crippen LogP contribution < -0.4 is 5.32 Å². The minimum absolute atomic E-state index is 0.0302. The number of halogens is 2. The molecule has 5 heteroatoms. The van der Waals surface area contributed by atoms with Gasteiger partial charge in [0.15, 0.2) is 5.82 Å². The summed E-state index contributed by atoms with van der Waals surface area (Å²) in [6, 6.07) is 3.01. The van der Waals surface area contributed by atoms with Crippen LogP contribution in [0.4, 0.5) is 14.5 Å². The first kappa shape index (κ1) is 8.50. The molecule has 0 aromatic heterocycles. The molecule has 13 heavy (non-hydrogen) atoms. The zero-order chi connectivity index (χ0) is 9.42. The molecular weight excluding hydrogens is 196 g/mol. The van der Waals surface area contributed by atoms with E-state index < -0.39 is 11.6 Å². The monoisotopic (exact) mass is 200 g/mol. The van der Waals surface area contributed by atoms with Crippen LogP contribution in [-0.4, -0.2) is 11.7 Å². The Kier molecular flexibility index (Phi) is 1.95. The maximum atomic E-state index is 13.0. The fourth-order valence-electron chi connectivity index (χ4n) is 1.05. The van der Waals surface area contributed by atoms with E-state index in [0.29, 0.717) is 4.90 Å². The molecule has 0 atom stereocenters. The van der Waals surface area contributed by atoms with Gasteiger partial charge in [0, 0.05) is 4.90 Å². The van der Waals surface area contributed by atoms with Gasteiger partial charge in [0.05, 0.1) is 17.5 Å². The average molecular weight is 200 g/mol. The molecule has 0 bridgehead atoms. The molecule has 1 N–H and O–H groups in total. The van der Waals surface area contributed by atoms with Crippen LogP contribution in [0.1, 0.15) is 0 Å². The molecule has 67 valence electrons. The lowest BCUT2D eigenvalue weighted by Gasteiger charge is -2.16. The Labute approximate surface area is 77.3 Å². The van der Waals surface area contributed by atoms with Crippen LogP contribution in [-0.2, 0) is 4.79 Å². The second kappa shape index (κ2) is 2.99. The van der Waals surface area contributed by atoms with Crippen molar-refractivity contribution in [1.29, 1.82) is 0 Å². The van der Waals surface area contributed by atoms with Gasteiger partial charge in [-0.15, -0.1) is 11.8 Å². The molecule has 1 aromatic carbocycles. The van der Waals surface area contributed by atoms with Crippen LogP contribution in [0.2, 0.25) is 0 Å². The Bertz CT molecular complexity index is 381. The summed E-state index contributed by atoms with van der Waals surface area (Å²) in [6.07, 6.45) is 0. The lowest BCUT2D eigenvalue weighted by molar-refractivity contribution is -0.113. The lowest BCUT2D eigenvalue weighted by atomic mass is 10.3. The van der Waals surface area contributed by atoms with Gasteiger partial charge in [0.25, 0.3) is 0 Å². The van der Waals surface area contributed by atoms with E-state index in [9.17, 15) is 13.6 Å². The summed E-state index contributed by atoms with van der Waals surface area (Å²) in [7, 11) is 0. The number of benzene rings is 1. The van der Waals surface area contributed by atoms with Gasteiger partial charge in [0.1, 0.15) is 5.82 Å². The predicted octanol–water partition coefficient (Wildman–Crippen LogP) is 1.81. The first-order valence-electron chi connectivity index (χ1n) is 3.51. The van der Waals surface area contributed by atoms with E-state index in [-0.39, 0.29) is 17.3 Å². The third-order valence-corrected chi connectivity index (χ3v) is 2.62. The van der Waals surface area contributed by atoms with Gasteiger partial charge < -0.3 is 5.32 Å². The Morgan fingerprint density at radius 2 is 2.31 bits per heavy atom. The first-order chi connectivity index (χ1) is 6.16. The molecular formula is C8H4F2NOS. The average Bonchev–Trinajstić information content (AvgIpc) is 2.06. The second-order valence-electron chi connectivity index (χ2n) is 2.51. The number of hydrogen-bond donors (Lipinski definition) is 1. The highest BCUT2D eigenvalue weighted by Crippen LogP contribution is 2.33. The van der Waals surface area contributed by atoms with E-state index in [0.717, 1.165) is 17.8 Å². The fraction of sp³-hybridized carbons (Fsp3) is 0.125. The molecule has 2 rings (SSSR count). The summed E-state index contributed by atoms with van der Waals surface area (Å²) in [5.74, 6) is -1.69. The van der Waals surface area contributed by atoms with Gasteiger partial charge in [-0.2, -0.15) is 0 Å². The smallest absolute Gasteiger partial charge is 0.234 e. The standard InChI is InChI=1S/C8H4F2NOS/c9-4-1-5(10)8-6(2-4)13-3-7(12)11-8/h2H,3H2,(H,11,12). The molecule has 0 saturated carbocycles. The van der Waals surface area contributed by atoms with E-state index in [1.165, 1.54) is 0 Å². The highest BCUT2D eigenvalue weighted by Gasteiger charge is 2.19. The minimum atomic E-state index is -0.851. The fourth-order valence-corrected chi connectivity index (χ4v) is 1.88. The van der Waals surface area contributed by atoms with Crippen molar-refractivity contribution in [2.75, 3.05) is 11.1 Å². The number of rotatable bonds is 0. The van der Waals surface area contributed by atoms with E-state index in [4.69, 9.17) is 0 Å². The van der Waals surface area contributed by atoms with Crippen molar-refractivity contribution in [3.8, 4) is 0 Å². The summed E-state index contributed by atoms with van der Waals surface area (Å²) < 4.78 is 25.6. The molecule has 1 heterocycles. The highest BCUT2D eigenvalue weighted by molar-refractivity contribution is 8.00. The van der Waals surface area contributed by atoms with Crippen LogP contribution in [0.5, 0.6) is 0 Å². The summed E-state index contributed by atoms with van der Waals surface area (Å²) >= 11 is 1.11. The Morgan fingerprint density at radius 1 is 1.54 bits per heavy atom. The van der Waals surface area contributed by atoms with Crippen molar-refractivity contribution in [1.82, 2.24) is 0 Å². The summed E-state index contributed by atoms with van der Waals surface area (Å²) in [6.45, 7) is 0. The number of carbonyl (C=O) groups excluding carboxylic acids is 1. The van der Waals surface area contributed by atoms with Gasteiger partial charge >= 0.3 is 0 Å². The Hall–Kier alpha value is -1.10. The molecule has 1 aromatic rings. The van der Waals surface area contributed by atoms with Gasteiger partial charge in [-0.1, -0.05) is 0 Å². The van der Waals surface area contributed by atoms with Crippen LogP contribution in [0, 0.1) is 17.7 Å². The van der Waals surface area contributed by atoms with Crippen molar-refractivity contribution in [2.45, 2.75) is 4.90 Å². The SMILES string of the molecule is O=C1CSc2cc(F)[c]c(F)c2N1. The first-order valence-corrected chi connectivity index (χ1v) is 4.49. The summed E-state index contributed by atoms with van der Waals surface area (Å²) in [5, 5.41) is 2.32. The quantitative estimate of drug-likeness (QED) is 0.692. The van der Waals surface area contributed by atoms with Crippen molar-refractivity contribution < 1.29 is 13.6 Å². The maximum absolute atomic E-state index is 13.0. The van der Waals surface area contributed by atoms with Crippen LogP contribution in [0.15, 0.2) is 11.0 Å². The predicted molar refractivity (Wildman–Crippen MR) is 44.5 cm³/mol. The van der Waals surface area contributed by atoms with E-state index >= 15 is 0 Å². The molecule has 0 spiro atoms. The normalized spacial score (nSPS) is 15.1. The maximum Gasteiger partial charge on any atom is 0.234 e. The van der Waals surface area contributed by atoms with E-state index in [2.05, 4.69) is 5.32 Å². The van der Waals surface area contributed by atoms with Crippen LogP contribution in [0.3, 0.4) is 0 Å². The largest absolute Gasteiger partial charge is 0.322 e. The number of thioether (sulfide) groups is 1. The van der Waals surface area contributed by atoms with E-state index in [1.54, 1.807) is 0 Å². The lowest BCUT2D eigenvalue weighted by Crippen LogP contribution is -2.19. The minimum Gasteiger partial charge on any atom is -0.322 e. The molecule has 1 aliphatic rings. The molecule has 2 nitrogen and oxygen atoms in total. The van der Waals surface area contributed by atoms with Crippen molar-refractivity contribution in [3.05, 3.63) is 23.8 Å². The number of anilines is 1. The Balaban J connectivity index is 2.53. The number of amides is 1. The van der Waals surface area contributed by atoms with Crippen molar-refractivity contribution in [3.63, 3.8) is 0 Å². The topological polar surface area (TPSA) is 29.1 Å². The van der Waals surface area contributed by atoms with Gasteiger partial charge in [-0.05, 0) is 6.07 Å². The van der Waals surface area contributed by atoms with Crippen LogP contribution in [0.25, 0.3) is 0 Å². The number of fused-ring (bicyclic) bond motifs is 1. The Morgan fingerprint density at radius 3 is 3.08 bits per heavy atom. The molecule has 0 fully saturated rings. The van der Waals surface area contributed by atoms with Gasteiger partial charge in [0.2, 0.25) is 5.91 Å². The summed E-state index contributed by atoms with van der Waals surface area (Å²) in [5.41, 5.74) is 0.0302. The van der Waals surface area contributed by atoms with Crippen molar-refractivity contribution in [2.24, 2.45) is 0 Å². The zero-order valence-corrected chi connectivity index (χ0v) is 7.17. The molecule has 1 radical (unpaired) electrons. The second-order valence-corrected chi connectivity index (χ2v) is 3.52. The van der Waals surface area contributed by atoms with Crippen molar-refractivity contribution >= 4 is 23.4 Å². The van der Waals surface area contributed by atoms with Gasteiger partial charge in [-0.3, -0.25) is 4.79 Å². The third-order valence-electron chi connectivity index (χ3n) is 1.58. The number of hydrogen-bond acceptors (Lipinski definition) is 2. The number of nitrogens with one attached hydrogen (secondary N) is 1. The third kappa shape index (κ3) is 1.51. The van der Waals surface area contributed by atoms with Crippen LogP contribution >= 0.6 is 11.8 Å². The highest BCUT2D eigenvalue weighted by atomic mass is 32.2. The molecule has 0 unspecified atom stereocenters. The molecule has 0 saturated heterocycles. The van der Waals surface area contributed by atoms with Gasteiger partial charge in [-0.25, -0.2) is 8.78 Å². The molecule has 1 aliphatic heterocycles. The summed E-state index contributed by atoms with van der Waals surface area (Å²) in [4.78, 5) is 11.3. The zero-order valence-electron chi connectivity index (χ0n) is 6.36. The van der Waals surface area contributed by atoms with E-state index in [1.807, 2.05) is 6.07 Å². The molecule has 0 aliphatic carbocycles. The molecule has 1 amide bonds.